The molecule has 34 heavy (non-hydrogen) atoms. The highest BCUT2D eigenvalue weighted by molar-refractivity contribution is 5.88. The molecular formula is C28H28N2O4. The number of carboxylic acids is 1. The van der Waals surface area contributed by atoms with Crippen molar-refractivity contribution in [1.29, 1.82) is 0 Å². The first kappa shape index (κ1) is 22.1. The zero-order valence-corrected chi connectivity index (χ0v) is 19.0. The van der Waals surface area contributed by atoms with Gasteiger partial charge in [0.2, 0.25) is 5.75 Å². The molecule has 6 heteroatoms. The summed E-state index contributed by atoms with van der Waals surface area (Å²) in [6, 6.07) is 9.31. The summed E-state index contributed by atoms with van der Waals surface area (Å²) in [5.41, 5.74) is 2.33. The van der Waals surface area contributed by atoms with Gasteiger partial charge in [0.1, 0.15) is 12.4 Å². The van der Waals surface area contributed by atoms with Crippen LogP contribution in [0.25, 0.3) is 0 Å². The third-order valence-electron chi connectivity index (χ3n) is 7.11. The molecular weight excluding hydrogens is 428 g/mol. The standard InChI is InChI=1S/C28H28N2O4/c31-26-25(34-18-19-8-2-1-3-9-19)24(27(32)33)29-23(30-26)17-28(14-6-7-15-28)22-13-12-20-10-4-5-11-21(20)16-22/h1-5,8-9,11-13,16,20H,6-7,10,14-15,17-18H2,(H,32,33)(H,29,30,31). The van der Waals surface area contributed by atoms with E-state index in [0.29, 0.717) is 18.2 Å². The van der Waals surface area contributed by atoms with Gasteiger partial charge >= 0.3 is 5.97 Å². The maximum absolute atomic E-state index is 12.9. The topological polar surface area (TPSA) is 92.3 Å². The molecule has 1 aromatic heterocycles. The van der Waals surface area contributed by atoms with Crippen LogP contribution in [0.3, 0.4) is 0 Å². The number of aromatic nitrogens is 2. The summed E-state index contributed by atoms with van der Waals surface area (Å²) in [5.74, 6) is -0.705. The molecule has 0 aliphatic heterocycles. The zero-order valence-electron chi connectivity index (χ0n) is 19.0. The molecule has 2 aromatic rings. The van der Waals surface area contributed by atoms with Crippen molar-refractivity contribution in [1.82, 2.24) is 9.97 Å². The van der Waals surface area contributed by atoms with Crippen LogP contribution in [0.5, 0.6) is 5.75 Å². The fourth-order valence-corrected chi connectivity index (χ4v) is 5.33. The lowest BCUT2D eigenvalue weighted by Crippen LogP contribution is -2.28. The molecule has 1 fully saturated rings. The first-order valence-corrected chi connectivity index (χ1v) is 11.8. The number of benzene rings is 1. The van der Waals surface area contributed by atoms with Crippen molar-refractivity contribution in [2.45, 2.75) is 45.1 Å². The number of nitrogens with zero attached hydrogens (tertiary/aromatic N) is 1. The second-order valence-corrected chi connectivity index (χ2v) is 9.33. The van der Waals surface area contributed by atoms with Gasteiger partial charge in [-0.2, -0.15) is 0 Å². The predicted molar refractivity (Wildman–Crippen MR) is 130 cm³/mol. The maximum atomic E-state index is 12.9. The highest BCUT2D eigenvalue weighted by Gasteiger charge is 2.39. The SMILES string of the molecule is O=C(O)c1nc(CC2(C3=CC4=CC=CCC4C=C3)CCCC2)[nH]c(=O)c1OCc1ccccc1. The number of carbonyl (C=O) groups is 1. The van der Waals surface area contributed by atoms with Crippen LogP contribution in [-0.2, 0) is 13.0 Å². The van der Waals surface area contributed by atoms with E-state index in [2.05, 4.69) is 46.4 Å². The molecule has 1 heterocycles. The fraction of sp³-hybridized carbons (Fsp3) is 0.321. The Morgan fingerprint density at radius 3 is 2.76 bits per heavy atom. The van der Waals surface area contributed by atoms with Gasteiger partial charge in [0.25, 0.3) is 5.56 Å². The molecule has 0 amide bonds. The number of allylic oxidation sites excluding steroid dienone is 8. The molecule has 3 aliphatic carbocycles. The summed E-state index contributed by atoms with van der Waals surface area (Å²) in [4.78, 5) is 32.1. The summed E-state index contributed by atoms with van der Waals surface area (Å²) < 4.78 is 5.62. The molecule has 1 saturated carbocycles. The number of nitrogens with one attached hydrogen (secondary N) is 1. The van der Waals surface area contributed by atoms with E-state index >= 15 is 0 Å². The van der Waals surface area contributed by atoms with Crippen molar-refractivity contribution in [3.63, 3.8) is 0 Å². The van der Waals surface area contributed by atoms with Crippen molar-refractivity contribution >= 4 is 5.97 Å². The molecule has 1 atom stereocenters. The van der Waals surface area contributed by atoms with Crippen molar-refractivity contribution in [2.24, 2.45) is 11.3 Å². The number of carboxylic acid groups (broad SMARTS) is 1. The van der Waals surface area contributed by atoms with E-state index in [9.17, 15) is 14.7 Å². The molecule has 1 aromatic carbocycles. The van der Waals surface area contributed by atoms with Gasteiger partial charge in [-0.3, -0.25) is 4.79 Å². The summed E-state index contributed by atoms with van der Waals surface area (Å²) in [6.45, 7) is 0.0948. The van der Waals surface area contributed by atoms with Crippen LogP contribution < -0.4 is 10.3 Å². The number of fused-ring (bicyclic) bond motifs is 1. The van der Waals surface area contributed by atoms with Gasteiger partial charge < -0.3 is 14.8 Å². The molecule has 0 radical (unpaired) electrons. The number of H-pyrrole nitrogens is 1. The Kier molecular flexibility index (Phi) is 6.05. The van der Waals surface area contributed by atoms with E-state index in [0.717, 1.165) is 37.7 Å². The molecule has 1 unspecified atom stereocenters. The van der Waals surface area contributed by atoms with Gasteiger partial charge in [0.15, 0.2) is 5.69 Å². The van der Waals surface area contributed by atoms with Crippen LogP contribution in [0.15, 0.2) is 82.7 Å². The second-order valence-electron chi connectivity index (χ2n) is 9.33. The molecule has 0 saturated heterocycles. The largest absolute Gasteiger partial charge is 0.481 e. The van der Waals surface area contributed by atoms with Gasteiger partial charge in [-0.15, -0.1) is 0 Å². The minimum Gasteiger partial charge on any atom is -0.481 e. The van der Waals surface area contributed by atoms with Crippen molar-refractivity contribution < 1.29 is 14.6 Å². The summed E-state index contributed by atoms with van der Waals surface area (Å²) in [5, 5.41) is 9.78. The van der Waals surface area contributed by atoms with Crippen LogP contribution in [0, 0.1) is 11.3 Å². The van der Waals surface area contributed by atoms with Gasteiger partial charge in [-0.1, -0.05) is 79.6 Å². The first-order chi connectivity index (χ1) is 16.5. The van der Waals surface area contributed by atoms with Crippen molar-refractivity contribution in [3.05, 3.63) is 105 Å². The number of ether oxygens (including phenoxy) is 1. The average Bonchev–Trinajstić information content (AvgIpc) is 3.33. The van der Waals surface area contributed by atoms with E-state index in [1.54, 1.807) is 0 Å². The van der Waals surface area contributed by atoms with Crippen LogP contribution in [0.2, 0.25) is 0 Å². The minimum atomic E-state index is -1.27. The average molecular weight is 457 g/mol. The highest BCUT2D eigenvalue weighted by atomic mass is 16.5. The molecule has 5 rings (SSSR count). The third kappa shape index (κ3) is 4.40. The zero-order chi connectivity index (χ0) is 23.5. The number of hydrogen-bond donors (Lipinski definition) is 2. The van der Waals surface area contributed by atoms with Crippen molar-refractivity contribution in [3.8, 4) is 5.75 Å². The number of aromatic amines is 1. The highest BCUT2D eigenvalue weighted by Crippen LogP contribution is 2.49. The predicted octanol–water partition coefficient (Wildman–Crippen LogP) is 5.15. The van der Waals surface area contributed by atoms with Gasteiger partial charge in [-0.25, -0.2) is 9.78 Å². The van der Waals surface area contributed by atoms with Crippen LogP contribution in [0.1, 0.15) is 54.0 Å². The molecule has 6 nitrogen and oxygen atoms in total. The van der Waals surface area contributed by atoms with E-state index in [1.807, 2.05) is 30.3 Å². The molecule has 0 spiro atoms. The summed E-state index contributed by atoms with van der Waals surface area (Å²) in [6.07, 6.45) is 18.9. The first-order valence-electron chi connectivity index (χ1n) is 11.8. The van der Waals surface area contributed by atoms with E-state index < -0.39 is 11.5 Å². The minimum absolute atomic E-state index is 0.0948. The Hall–Kier alpha value is -3.67. The number of rotatable bonds is 7. The van der Waals surface area contributed by atoms with Gasteiger partial charge in [0, 0.05) is 17.8 Å². The third-order valence-corrected chi connectivity index (χ3v) is 7.11. The molecule has 174 valence electrons. The Bertz CT molecular complexity index is 1260. The number of hydrogen-bond acceptors (Lipinski definition) is 4. The Morgan fingerprint density at radius 1 is 1.21 bits per heavy atom. The normalized spacial score (nSPS) is 20.4. The van der Waals surface area contributed by atoms with Crippen LogP contribution >= 0.6 is 0 Å². The van der Waals surface area contributed by atoms with Crippen LogP contribution in [-0.4, -0.2) is 21.0 Å². The maximum Gasteiger partial charge on any atom is 0.358 e. The Morgan fingerprint density at radius 2 is 2.00 bits per heavy atom. The summed E-state index contributed by atoms with van der Waals surface area (Å²) in [7, 11) is 0. The van der Waals surface area contributed by atoms with Crippen LogP contribution in [0.4, 0.5) is 0 Å². The molecule has 2 N–H and O–H groups in total. The van der Waals surface area contributed by atoms with Gasteiger partial charge in [0.05, 0.1) is 0 Å². The lowest BCUT2D eigenvalue weighted by Gasteiger charge is -2.33. The lowest BCUT2D eigenvalue weighted by molar-refractivity contribution is 0.0683. The quantitative estimate of drug-likeness (QED) is 0.601. The smallest absolute Gasteiger partial charge is 0.358 e. The Balaban J connectivity index is 1.45. The van der Waals surface area contributed by atoms with E-state index in [-0.39, 0.29) is 23.5 Å². The van der Waals surface area contributed by atoms with Crippen molar-refractivity contribution in [2.75, 3.05) is 0 Å². The lowest BCUT2D eigenvalue weighted by atomic mass is 9.71. The van der Waals surface area contributed by atoms with Gasteiger partial charge in [-0.05, 0) is 36.0 Å². The second kappa shape index (κ2) is 9.29. The fourth-order valence-electron chi connectivity index (χ4n) is 5.33. The molecule has 0 bridgehead atoms. The Labute approximate surface area is 198 Å². The summed E-state index contributed by atoms with van der Waals surface area (Å²) >= 11 is 0. The molecule has 3 aliphatic rings. The van der Waals surface area contributed by atoms with E-state index in [1.165, 1.54) is 11.1 Å². The monoisotopic (exact) mass is 456 g/mol. The van der Waals surface area contributed by atoms with E-state index in [4.69, 9.17) is 4.74 Å². The number of aromatic carboxylic acids is 1.